The SMILES string of the molecule is S=C(N/N=C\c1ccc(OCc2cccc3ccccc23)cc1)Nc1ccccc1. The highest BCUT2D eigenvalue weighted by atomic mass is 32.1. The molecule has 0 amide bonds. The Morgan fingerprint density at radius 1 is 0.833 bits per heavy atom. The fraction of sp³-hybridized carbons (Fsp3) is 0.0400. The molecule has 0 aliphatic carbocycles. The van der Waals surface area contributed by atoms with Crippen LogP contribution >= 0.6 is 12.2 Å². The number of nitrogens with zero attached hydrogens (tertiary/aromatic N) is 1. The first kappa shape index (κ1) is 19.6. The number of fused-ring (bicyclic) bond motifs is 1. The van der Waals surface area contributed by atoms with Gasteiger partial charge in [0.15, 0.2) is 5.11 Å². The Hall–Kier alpha value is -3.70. The third-order valence-electron chi connectivity index (χ3n) is 4.57. The van der Waals surface area contributed by atoms with Crippen molar-refractivity contribution >= 4 is 40.0 Å². The van der Waals surface area contributed by atoms with Gasteiger partial charge in [0, 0.05) is 5.69 Å². The molecule has 0 aliphatic heterocycles. The van der Waals surface area contributed by atoms with E-state index in [4.69, 9.17) is 17.0 Å². The summed E-state index contributed by atoms with van der Waals surface area (Å²) in [5, 5.41) is 10.1. The second-order valence-electron chi connectivity index (χ2n) is 6.69. The molecule has 0 unspecified atom stereocenters. The van der Waals surface area contributed by atoms with E-state index in [9.17, 15) is 0 Å². The second kappa shape index (κ2) is 9.67. The first-order valence-electron chi connectivity index (χ1n) is 9.62. The molecule has 0 saturated carbocycles. The van der Waals surface area contributed by atoms with Gasteiger partial charge in [-0.05, 0) is 70.5 Å². The highest BCUT2D eigenvalue weighted by Gasteiger charge is 2.02. The summed E-state index contributed by atoms with van der Waals surface area (Å²) in [6, 6.07) is 32.1. The van der Waals surface area contributed by atoms with Crippen LogP contribution in [0.25, 0.3) is 10.8 Å². The van der Waals surface area contributed by atoms with Crippen molar-refractivity contribution in [2.24, 2.45) is 5.10 Å². The van der Waals surface area contributed by atoms with Gasteiger partial charge in [-0.1, -0.05) is 60.7 Å². The van der Waals surface area contributed by atoms with Crippen molar-refractivity contribution in [1.82, 2.24) is 5.43 Å². The van der Waals surface area contributed by atoms with Gasteiger partial charge in [0.25, 0.3) is 0 Å². The third-order valence-corrected chi connectivity index (χ3v) is 4.76. The van der Waals surface area contributed by atoms with Crippen LogP contribution in [0.4, 0.5) is 5.69 Å². The summed E-state index contributed by atoms with van der Waals surface area (Å²) < 4.78 is 5.97. The molecule has 0 atom stereocenters. The zero-order valence-electron chi connectivity index (χ0n) is 16.3. The quantitative estimate of drug-likeness (QED) is 0.241. The highest BCUT2D eigenvalue weighted by Crippen LogP contribution is 2.20. The molecule has 0 heterocycles. The second-order valence-corrected chi connectivity index (χ2v) is 7.09. The van der Waals surface area contributed by atoms with E-state index in [1.807, 2.05) is 60.7 Å². The maximum Gasteiger partial charge on any atom is 0.191 e. The standard InChI is InChI=1S/C25H21N3OS/c30-25(27-22-10-2-1-3-11-22)28-26-17-19-13-15-23(16-14-19)29-18-21-9-6-8-20-7-4-5-12-24(20)21/h1-17H,18H2,(H2,27,28,30)/b26-17-. The molecule has 4 rings (SSSR count). The van der Waals surface area contributed by atoms with E-state index in [0.717, 1.165) is 17.0 Å². The van der Waals surface area contributed by atoms with E-state index in [1.54, 1.807) is 6.21 Å². The number of benzene rings is 4. The van der Waals surface area contributed by atoms with Gasteiger partial charge >= 0.3 is 0 Å². The predicted octanol–water partition coefficient (Wildman–Crippen LogP) is 5.74. The average Bonchev–Trinajstić information content (AvgIpc) is 2.79. The number of nitrogens with one attached hydrogen (secondary N) is 2. The summed E-state index contributed by atoms with van der Waals surface area (Å²) in [4.78, 5) is 0. The topological polar surface area (TPSA) is 45.7 Å². The van der Waals surface area contributed by atoms with E-state index in [1.165, 1.54) is 16.3 Å². The lowest BCUT2D eigenvalue weighted by atomic mass is 10.1. The van der Waals surface area contributed by atoms with Crippen molar-refractivity contribution in [3.8, 4) is 5.75 Å². The van der Waals surface area contributed by atoms with Gasteiger partial charge in [-0.2, -0.15) is 5.10 Å². The number of hydrogen-bond donors (Lipinski definition) is 2. The zero-order valence-corrected chi connectivity index (χ0v) is 17.1. The maximum absolute atomic E-state index is 5.97. The maximum atomic E-state index is 5.97. The van der Waals surface area contributed by atoms with E-state index < -0.39 is 0 Å². The van der Waals surface area contributed by atoms with Gasteiger partial charge in [-0.25, -0.2) is 0 Å². The van der Waals surface area contributed by atoms with Crippen molar-refractivity contribution in [2.75, 3.05) is 5.32 Å². The minimum absolute atomic E-state index is 0.437. The Morgan fingerprint density at radius 2 is 1.57 bits per heavy atom. The Kier molecular flexibility index (Phi) is 6.32. The summed E-state index contributed by atoms with van der Waals surface area (Å²) in [6.45, 7) is 0.524. The zero-order chi connectivity index (χ0) is 20.6. The van der Waals surface area contributed by atoms with Crippen LogP contribution in [0.2, 0.25) is 0 Å². The normalized spacial score (nSPS) is 10.8. The fourth-order valence-electron chi connectivity index (χ4n) is 3.08. The lowest BCUT2D eigenvalue weighted by Crippen LogP contribution is -2.23. The number of ether oxygens (including phenoxy) is 1. The molecule has 0 spiro atoms. The molecule has 2 N–H and O–H groups in total. The van der Waals surface area contributed by atoms with Crippen LogP contribution in [0, 0.1) is 0 Å². The van der Waals surface area contributed by atoms with Gasteiger partial charge < -0.3 is 10.1 Å². The number of anilines is 1. The van der Waals surface area contributed by atoms with Crippen LogP contribution < -0.4 is 15.5 Å². The minimum Gasteiger partial charge on any atom is -0.489 e. The smallest absolute Gasteiger partial charge is 0.191 e. The molecule has 30 heavy (non-hydrogen) atoms. The number of para-hydroxylation sites is 1. The number of hydrazone groups is 1. The number of rotatable bonds is 6. The monoisotopic (exact) mass is 411 g/mol. The molecular weight excluding hydrogens is 390 g/mol. The summed E-state index contributed by atoms with van der Waals surface area (Å²) >= 11 is 5.23. The van der Waals surface area contributed by atoms with Gasteiger partial charge in [0.05, 0.1) is 6.21 Å². The van der Waals surface area contributed by atoms with Crippen molar-refractivity contribution < 1.29 is 4.74 Å². The molecule has 4 aromatic rings. The average molecular weight is 412 g/mol. The molecule has 5 heteroatoms. The van der Waals surface area contributed by atoms with Crippen LogP contribution in [0.1, 0.15) is 11.1 Å². The summed E-state index contributed by atoms with van der Waals surface area (Å²) in [7, 11) is 0. The van der Waals surface area contributed by atoms with E-state index in [-0.39, 0.29) is 0 Å². The van der Waals surface area contributed by atoms with E-state index in [0.29, 0.717) is 11.7 Å². The van der Waals surface area contributed by atoms with Crippen LogP contribution in [0.3, 0.4) is 0 Å². The van der Waals surface area contributed by atoms with Gasteiger partial charge in [-0.15, -0.1) is 0 Å². The molecule has 4 aromatic carbocycles. The Morgan fingerprint density at radius 3 is 2.40 bits per heavy atom. The van der Waals surface area contributed by atoms with Crippen LogP contribution in [0.15, 0.2) is 102 Å². The largest absolute Gasteiger partial charge is 0.489 e. The lowest BCUT2D eigenvalue weighted by Gasteiger charge is -2.09. The van der Waals surface area contributed by atoms with Crippen LogP contribution in [-0.2, 0) is 6.61 Å². The molecular formula is C25H21N3OS. The van der Waals surface area contributed by atoms with Gasteiger partial charge in [0.1, 0.15) is 12.4 Å². The molecule has 0 bridgehead atoms. The molecule has 148 valence electrons. The summed E-state index contributed by atoms with van der Waals surface area (Å²) in [5.41, 5.74) is 5.85. The Balaban J connectivity index is 1.30. The first-order chi connectivity index (χ1) is 14.8. The molecule has 4 nitrogen and oxygen atoms in total. The van der Waals surface area contributed by atoms with E-state index in [2.05, 4.69) is 52.2 Å². The fourth-order valence-corrected chi connectivity index (χ4v) is 3.25. The molecule has 0 radical (unpaired) electrons. The van der Waals surface area contributed by atoms with Crippen LogP contribution in [0.5, 0.6) is 5.75 Å². The number of thiocarbonyl (C=S) groups is 1. The Labute approximate surface area is 181 Å². The van der Waals surface area contributed by atoms with Gasteiger partial charge in [-0.3, -0.25) is 5.43 Å². The summed E-state index contributed by atoms with van der Waals surface area (Å²) in [5.74, 6) is 0.814. The first-order valence-corrected chi connectivity index (χ1v) is 10.0. The van der Waals surface area contributed by atoms with Crippen molar-refractivity contribution in [3.63, 3.8) is 0 Å². The molecule has 0 fully saturated rings. The summed E-state index contributed by atoms with van der Waals surface area (Å²) in [6.07, 6.45) is 1.72. The van der Waals surface area contributed by atoms with Gasteiger partial charge in [0.2, 0.25) is 0 Å². The molecule has 0 aliphatic rings. The van der Waals surface area contributed by atoms with Crippen LogP contribution in [-0.4, -0.2) is 11.3 Å². The van der Waals surface area contributed by atoms with Crippen molar-refractivity contribution in [3.05, 3.63) is 108 Å². The minimum atomic E-state index is 0.437. The van der Waals surface area contributed by atoms with Crippen molar-refractivity contribution in [1.29, 1.82) is 0 Å². The van der Waals surface area contributed by atoms with Crippen molar-refractivity contribution in [2.45, 2.75) is 6.61 Å². The lowest BCUT2D eigenvalue weighted by molar-refractivity contribution is 0.307. The molecule has 0 aromatic heterocycles. The predicted molar refractivity (Wildman–Crippen MR) is 128 cm³/mol. The number of hydrogen-bond acceptors (Lipinski definition) is 3. The highest BCUT2D eigenvalue weighted by molar-refractivity contribution is 7.80. The Bertz CT molecular complexity index is 1150. The molecule has 0 saturated heterocycles. The third kappa shape index (κ3) is 5.21. The van der Waals surface area contributed by atoms with E-state index >= 15 is 0 Å².